The van der Waals surface area contributed by atoms with Gasteiger partial charge in [-0.15, -0.1) is 0 Å². The van der Waals surface area contributed by atoms with E-state index in [1.807, 2.05) is 24.4 Å². The van der Waals surface area contributed by atoms with Crippen LogP contribution in [0.5, 0.6) is 5.75 Å². The molecule has 0 aliphatic carbocycles. The van der Waals surface area contributed by atoms with Crippen LogP contribution in [-0.2, 0) is 6.54 Å². The van der Waals surface area contributed by atoms with E-state index < -0.39 is 0 Å². The summed E-state index contributed by atoms with van der Waals surface area (Å²) in [6, 6.07) is 5.91. The number of nitrogens with zero attached hydrogens (tertiary/aromatic N) is 1. The molecule has 2 N–H and O–H groups in total. The monoisotopic (exact) mass is 337 g/mol. The molecule has 1 aromatic heterocycles. The summed E-state index contributed by atoms with van der Waals surface area (Å²) in [7, 11) is 1.66. The van der Waals surface area contributed by atoms with Crippen LogP contribution in [0.1, 0.15) is 26.5 Å². The molecule has 0 aliphatic heterocycles. The lowest BCUT2D eigenvalue weighted by molar-refractivity contribution is 0.412. The maximum Gasteiger partial charge on any atom is 0.137 e. The quantitative estimate of drug-likeness (QED) is 0.893. The molecule has 0 aliphatic rings. The molecular formula is C15H20BrN3O. The topological polar surface area (TPSA) is 49.9 Å². The number of aromatic nitrogens is 2. The maximum absolute atomic E-state index is 5.23. The number of aromatic amines is 1. The first-order valence-corrected chi connectivity index (χ1v) is 7.31. The van der Waals surface area contributed by atoms with Gasteiger partial charge in [0.15, 0.2) is 0 Å². The number of ether oxygens (including phenoxy) is 1. The lowest BCUT2D eigenvalue weighted by Gasteiger charge is -2.19. The highest BCUT2D eigenvalue weighted by Gasteiger charge is 2.11. The second-order valence-corrected chi connectivity index (χ2v) is 6.56. The third kappa shape index (κ3) is 3.84. The van der Waals surface area contributed by atoms with Crippen LogP contribution in [-0.4, -0.2) is 22.6 Å². The van der Waals surface area contributed by atoms with Gasteiger partial charge < -0.3 is 15.0 Å². The molecule has 108 valence electrons. The zero-order valence-corrected chi connectivity index (χ0v) is 13.8. The second-order valence-electron chi connectivity index (χ2n) is 5.71. The summed E-state index contributed by atoms with van der Waals surface area (Å²) in [6.07, 6.45) is 1.87. The summed E-state index contributed by atoms with van der Waals surface area (Å²) < 4.78 is 6.15. The average molecular weight is 338 g/mol. The van der Waals surface area contributed by atoms with Gasteiger partial charge in [0.2, 0.25) is 0 Å². The van der Waals surface area contributed by atoms with E-state index in [0.717, 1.165) is 33.8 Å². The molecular weight excluding hydrogens is 318 g/mol. The number of imidazole rings is 1. The minimum Gasteiger partial charge on any atom is -0.496 e. The van der Waals surface area contributed by atoms with Crippen LogP contribution >= 0.6 is 15.9 Å². The van der Waals surface area contributed by atoms with Gasteiger partial charge in [0.25, 0.3) is 0 Å². The number of methoxy groups -OCH3 is 1. The lowest BCUT2D eigenvalue weighted by atomic mass is 10.1. The second kappa shape index (κ2) is 5.97. The number of hydrogen-bond acceptors (Lipinski definition) is 3. The van der Waals surface area contributed by atoms with Crippen LogP contribution < -0.4 is 10.1 Å². The first-order chi connectivity index (χ1) is 9.39. The van der Waals surface area contributed by atoms with E-state index in [9.17, 15) is 0 Å². The largest absolute Gasteiger partial charge is 0.496 e. The fourth-order valence-electron chi connectivity index (χ4n) is 1.77. The number of halogens is 1. The molecule has 2 aromatic rings. The highest BCUT2D eigenvalue weighted by molar-refractivity contribution is 9.10. The maximum atomic E-state index is 5.23. The number of nitrogens with one attached hydrogen (secondary N) is 2. The normalized spacial score (nSPS) is 11.7. The molecule has 0 unspecified atom stereocenters. The van der Waals surface area contributed by atoms with Crippen molar-refractivity contribution < 1.29 is 4.74 Å². The van der Waals surface area contributed by atoms with Gasteiger partial charge in [0.05, 0.1) is 11.6 Å². The third-order valence-corrected chi connectivity index (χ3v) is 3.48. The van der Waals surface area contributed by atoms with Crippen molar-refractivity contribution in [3.63, 3.8) is 0 Å². The van der Waals surface area contributed by atoms with Crippen molar-refractivity contribution in [3.05, 3.63) is 34.6 Å². The molecule has 5 heteroatoms. The summed E-state index contributed by atoms with van der Waals surface area (Å²) in [5.41, 5.74) is 2.19. The first-order valence-electron chi connectivity index (χ1n) is 6.52. The summed E-state index contributed by atoms with van der Waals surface area (Å²) in [5.74, 6) is 1.67. The molecule has 0 fully saturated rings. The van der Waals surface area contributed by atoms with E-state index in [1.165, 1.54) is 0 Å². The molecule has 0 bridgehead atoms. The van der Waals surface area contributed by atoms with E-state index in [4.69, 9.17) is 4.74 Å². The number of H-pyrrole nitrogens is 1. The van der Waals surface area contributed by atoms with Crippen LogP contribution in [0.4, 0.5) is 0 Å². The molecule has 0 amide bonds. The van der Waals surface area contributed by atoms with Gasteiger partial charge in [-0.1, -0.05) is 0 Å². The van der Waals surface area contributed by atoms with Crippen molar-refractivity contribution in [1.29, 1.82) is 0 Å². The van der Waals surface area contributed by atoms with E-state index in [2.05, 4.69) is 52.0 Å². The van der Waals surface area contributed by atoms with Gasteiger partial charge in [-0.2, -0.15) is 0 Å². The summed E-state index contributed by atoms with van der Waals surface area (Å²) in [4.78, 5) is 7.76. The van der Waals surface area contributed by atoms with E-state index in [0.29, 0.717) is 0 Å². The van der Waals surface area contributed by atoms with Crippen LogP contribution in [0, 0.1) is 0 Å². The lowest BCUT2D eigenvalue weighted by Crippen LogP contribution is -2.35. The molecule has 0 radical (unpaired) electrons. The van der Waals surface area contributed by atoms with Gasteiger partial charge >= 0.3 is 0 Å². The van der Waals surface area contributed by atoms with Crippen LogP contribution in [0.15, 0.2) is 28.9 Å². The van der Waals surface area contributed by atoms with Gasteiger partial charge in [-0.05, 0) is 54.9 Å². The van der Waals surface area contributed by atoms with E-state index in [1.54, 1.807) is 7.11 Å². The first kappa shape index (κ1) is 15.1. The molecule has 0 saturated carbocycles. The Morgan fingerprint density at radius 1 is 1.35 bits per heavy atom. The minimum absolute atomic E-state index is 0.0917. The Balaban J connectivity index is 2.14. The Labute approximate surface area is 128 Å². The number of hydrogen-bond donors (Lipinski definition) is 2. The minimum atomic E-state index is 0.0917. The Bertz CT molecular complexity index is 587. The van der Waals surface area contributed by atoms with Crippen LogP contribution in [0.3, 0.4) is 0 Å². The number of benzene rings is 1. The average Bonchev–Trinajstić information content (AvgIpc) is 2.84. The van der Waals surface area contributed by atoms with Crippen LogP contribution in [0.25, 0.3) is 11.4 Å². The Kier molecular flexibility index (Phi) is 4.50. The predicted octanol–water partition coefficient (Wildman–Crippen LogP) is 3.74. The fraction of sp³-hybridized carbons (Fsp3) is 0.400. The van der Waals surface area contributed by atoms with Crippen LogP contribution in [0.2, 0.25) is 0 Å². The van der Waals surface area contributed by atoms with E-state index in [-0.39, 0.29) is 5.54 Å². The molecule has 2 rings (SSSR count). The Hall–Kier alpha value is -1.33. The SMILES string of the molecule is COc1ccc(-c2ncc(CNC(C)(C)C)[nH]2)cc1Br. The zero-order valence-electron chi connectivity index (χ0n) is 12.2. The molecule has 0 atom stereocenters. The molecule has 0 spiro atoms. The van der Waals surface area contributed by atoms with Crippen molar-refractivity contribution in [2.75, 3.05) is 7.11 Å². The molecule has 20 heavy (non-hydrogen) atoms. The summed E-state index contributed by atoms with van der Waals surface area (Å²) in [5, 5.41) is 3.43. The van der Waals surface area contributed by atoms with Crippen molar-refractivity contribution in [1.82, 2.24) is 15.3 Å². The molecule has 1 heterocycles. The highest BCUT2D eigenvalue weighted by atomic mass is 79.9. The molecule has 0 saturated heterocycles. The highest BCUT2D eigenvalue weighted by Crippen LogP contribution is 2.29. The summed E-state index contributed by atoms with van der Waals surface area (Å²) in [6.45, 7) is 7.20. The van der Waals surface area contributed by atoms with Crippen molar-refractivity contribution in [2.24, 2.45) is 0 Å². The van der Waals surface area contributed by atoms with E-state index >= 15 is 0 Å². The van der Waals surface area contributed by atoms with Gasteiger partial charge in [-0.25, -0.2) is 4.98 Å². The summed E-state index contributed by atoms with van der Waals surface area (Å²) >= 11 is 3.49. The Morgan fingerprint density at radius 3 is 2.70 bits per heavy atom. The molecule has 4 nitrogen and oxygen atoms in total. The van der Waals surface area contributed by atoms with Crippen molar-refractivity contribution in [3.8, 4) is 17.1 Å². The van der Waals surface area contributed by atoms with Crippen molar-refractivity contribution in [2.45, 2.75) is 32.9 Å². The van der Waals surface area contributed by atoms with Crippen molar-refractivity contribution >= 4 is 15.9 Å². The Morgan fingerprint density at radius 2 is 2.10 bits per heavy atom. The van der Waals surface area contributed by atoms with Gasteiger partial charge in [0, 0.05) is 29.5 Å². The van der Waals surface area contributed by atoms with Gasteiger partial charge in [-0.3, -0.25) is 0 Å². The standard InChI is InChI=1S/C15H20BrN3O/c1-15(2,3)18-9-11-8-17-14(19-11)10-5-6-13(20-4)12(16)7-10/h5-8,18H,9H2,1-4H3,(H,17,19). The molecule has 1 aromatic carbocycles. The smallest absolute Gasteiger partial charge is 0.137 e. The fourth-order valence-corrected chi connectivity index (χ4v) is 2.31. The van der Waals surface area contributed by atoms with Gasteiger partial charge in [0.1, 0.15) is 11.6 Å². The predicted molar refractivity (Wildman–Crippen MR) is 84.9 cm³/mol. The zero-order chi connectivity index (χ0) is 14.8. The third-order valence-electron chi connectivity index (χ3n) is 2.86. The number of rotatable bonds is 4.